The molecule has 1 heteroatoms. The topological polar surface area (TPSA) is 0 Å². The molecule has 0 saturated carbocycles. The van der Waals surface area contributed by atoms with Crippen molar-refractivity contribution in [3.05, 3.63) is 46.6 Å². The van der Waals surface area contributed by atoms with Gasteiger partial charge in [-0.05, 0) is 38.8 Å². The van der Waals surface area contributed by atoms with Gasteiger partial charge in [0.1, 0.15) is 0 Å². The molecule has 0 fully saturated rings. The summed E-state index contributed by atoms with van der Waals surface area (Å²) in [7, 11) is -1.14. The fraction of sp³-hybridized carbons (Fsp3) is 0.500. The SMILES string of the molecule is CC1=CCC=C1C[Si](C)(C)CC1=CCC=C1C. The highest BCUT2D eigenvalue weighted by atomic mass is 28.3. The molecular weight excluding hydrogens is 220 g/mol. The third kappa shape index (κ3) is 3.10. The van der Waals surface area contributed by atoms with Gasteiger partial charge in [-0.2, -0.15) is 0 Å². The molecular formula is C16H24Si. The monoisotopic (exact) mass is 244 g/mol. The highest BCUT2D eigenvalue weighted by molar-refractivity contribution is 6.78. The molecule has 0 amide bonds. The van der Waals surface area contributed by atoms with Crippen LogP contribution in [0.3, 0.4) is 0 Å². The minimum absolute atomic E-state index is 1.14. The van der Waals surface area contributed by atoms with Crippen LogP contribution in [0.2, 0.25) is 25.2 Å². The van der Waals surface area contributed by atoms with E-state index >= 15 is 0 Å². The van der Waals surface area contributed by atoms with Crippen LogP contribution < -0.4 is 0 Å². The summed E-state index contributed by atoms with van der Waals surface area (Å²) in [5, 5.41) is 0. The molecule has 0 bridgehead atoms. The van der Waals surface area contributed by atoms with E-state index < -0.39 is 8.07 Å². The van der Waals surface area contributed by atoms with E-state index in [0.717, 1.165) is 12.8 Å². The van der Waals surface area contributed by atoms with Gasteiger partial charge in [0.25, 0.3) is 0 Å². The molecule has 2 aliphatic carbocycles. The van der Waals surface area contributed by atoms with Crippen molar-refractivity contribution < 1.29 is 0 Å². The average Bonchev–Trinajstić information content (AvgIpc) is 2.78. The van der Waals surface area contributed by atoms with Crippen molar-refractivity contribution >= 4 is 8.07 Å². The largest absolute Gasteiger partial charge is 0.0775 e. The van der Waals surface area contributed by atoms with Crippen LogP contribution in [0, 0.1) is 0 Å². The van der Waals surface area contributed by atoms with E-state index in [9.17, 15) is 0 Å². The van der Waals surface area contributed by atoms with Crippen LogP contribution in [0.25, 0.3) is 0 Å². The fourth-order valence-corrected chi connectivity index (χ4v) is 5.89. The molecule has 0 atom stereocenters. The highest BCUT2D eigenvalue weighted by Gasteiger charge is 2.26. The Labute approximate surface area is 107 Å². The van der Waals surface area contributed by atoms with Gasteiger partial charge in [0.05, 0.1) is 8.07 Å². The smallest absolute Gasteiger partial charge is 0.0561 e. The third-order valence-corrected chi connectivity index (χ3v) is 6.60. The minimum Gasteiger partial charge on any atom is -0.0775 e. The minimum atomic E-state index is -1.14. The van der Waals surface area contributed by atoms with Gasteiger partial charge in [0.2, 0.25) is 0 Å². The van der Waals surface area contributed by atoms with Crippen molar-refractivity contribution in [1.82, 2.24) is 0 Å². The Morgan fingerprint density at radius 2 is 1.24 bits per heavy atom. The van der Waals surface area contributed by atoms with Gasteiger partial charge in [-0.15, -0.1) is 0 Å². The van der Waals surface area contributed by atoms with Crippen LogP contribution in [-0.4, -0.2) is 8.07 Å². The van der Waals surface area contributed by atoms with Crippen molar-refractivity contribution in [2.75, 3.05) is 0 Å². The van der Waals surface area contributed by atoms with E-state index in [1.54, 1.807) is 11.1 Å². The summed E-state index contributed by atoms with van der Waals surface area (Å²) in [4.78, 5) is 0. The van der Waals surface area contributed by atoms with E-state index in [1.807, 2.05) is 0 Å². The maximum absolute atomic E-state index is 2.53. The van der Waals surface area contributed by atoms with Crippen molar-refractivity contribution in [1.29, 1.82) is 0 Å². The molecule has 0 aromatic rings. The maximum Gasteiger partial charge on any atom is 0.0561 e. The summed E-state index contributed by atoms with van der Waals surface area (Å²) < 4.78 is 0. The number of hydrogen-bond acceptors (Lipinski definition) is 0. The van der Waals surface area contributed by atoms with E-state index in [-0.39, 0.29) is 0 Å². The predicted octanol–water partition coefficient (Wildman–Crippen LogP) is 5.25. The zero-order valence-electron chi connectivity index (χ0n) is 11.6. The first-order valence-corrected chi connectivity index (χ1v) is 10.1. The predicted molar refractivity (Wildman–Crippen MR) is 80.0 cm³/mol. The van der Waals surface area contributed by atoms with Gasteiger partial charge < -0.3 is 0 Å². The molecule has 0 radical (unpaired) electrons. The van der Waals surface area contributed by atoms with Crippen LogP contribution in [0.4, 0.5) is 0 Å². The first-order valence-electron chi connectivity index (χ1n) is 6.70. The molecule has 2 rings (SSSR count). The fourth-order valence-electron chi connectivity index (χ4n) is 2.86. The summed E-state index contributed by atoms with van der Waals surface area (Å²) >= 11 is 0. The molecule has 92 valence electrons. The van der Waals surface area contributed by atoms with E-state index in [1.165, 1.54) is 23.2 Å². The Morgan fingerprint density at radius 3 is 1.53 bits per heavy atom. The first kappa shape index (κ1) is 12.6. The lowest BCUT2D eigenvalue weighted by molar-refractivity contribution is 1.25. The summed E-state index contributed by atoms with van der Waals surface area (Å²) in [5.74, 6) is 0. The van der Waals surface area contributed by atoms with E-state index in [4.69, 9.17) is 0 Å². The molecule has 2 aliphatic rings. The van der Waals surface area contributed by atoms with E-state index in [0.29, 0.717) is 0 Å². The Balaban J connectivity index is 2.00. The second kappa shape index (κ2) is 4.81. The first-order chi connectivity index (χ1) is 7.98. The van der Waals surface area contributed by atoms with Crippen molar-refractivity contribution in [2.24, 2.45) is 0 Å². The van der Waals surface area contributed by atoms with Gasteiger partial charge in [-0.1, -0.05) is 59.7 Å². The lowest BCUT2D eigenvalue weighted by Crippen LogP contribution is -2.26. The third-order valence-electron chi connectivity index (χ3n) is 3.93. The quantitative estimate of drug-likeness (QED) is 0.593. The molecule has 0 N–H and O–H groups in total. The van der Waals surface area contributed by atoms with Crippen molar-refractivity contribution in [2.45, 2.75) is 51.9 Å². The molecule has 0 heterocycles. The molecule has 0 aliphatic heterocycles. The van der Waals surface area contributed by atoms with Crippen LogP contribution in [0.1, 0.15) is 26.7 Å². The van der Waals surface area contributed by atoms with Crippen LogP contribution in [0.15, 0.2) is 46.6 Å². The average molecular weight is 244 g/mol. The van der Waals surface area contributed by atoms with Crippen LogP contribution in [0.5, 0.6) is 0 Å². The Hall–Kier alpha value is -0.823. The normalized spacial score (nSPS) is 20.0. The van der Waals surface area contributed by atoms with Crippen LogP contribution >= 0.6 is 0 Å². The van der Waals surface area contributed by atoms with Gasteiger partial charge in [-0.3, -0.25) is 0 Å². The summed E-state index contributed by atoms with van der Waals surface area (Å²) in [6, 6.07) is 2.69. The molecule has 0 saturated heterocycles. The van der Waals surface area contributed by atoms with Crippen molar-refractivity contribution in [3.8, 4) is 0 Å². The zero-order chi connectivity index (χ0) is 12.5. The number of hydrogen-bond donors (Lipinski definition) is 0. The van der Waals surface area contributed by atoms with Gasteiger partial charge >= 0.3 is 0 Å². The lowest BCUT2D eigenvalue weighted by Gasteiger charge is -2.25. The Bertz CT molecular complexity index is 390. The maximum atomic E-state index is 2.53. The Kier molecular flexibility index (Phi) is 3.57. The molecule has 17 heavy (non-hydrogen) atoms. The van der Waals surface area contributed by atoms with Gasteiger partial charge in [0.15, 0.2) is 0 Å². The summed E-state index contributed by atoms with van der Waals surface area (Å²) in [6.45, 7) is 9.60. The molecule has 0 aromatic heterocycles. The Morgan fingerprint density at radius 1 is 0.824 bits per heavy atom. The van der Waals surface area contributed by atoms with E-state index in [2.05, 4.69) is 51.2 Å². The second-order valence-electron chi connectivity index (χ2n) is 6.22. The number of rotatable bonds is 4. The zero-order valence-corrected chi connectivity index (χ0v) is 12.6. The second-order valence-corrected chi connectivity index (χ2v) is 11.3. The van der Waals surface area contributed by atoms with Gasteiger partial charge in [-0.25, -0.2) is 0 Å². The molecule has 0 spiro atoms. The lowest BCUT2D eigenvalue weighted by atomic mass is 10.2. The molecule has 0 aromatic carbocycles. The van der Waals surface area contributed by atoms with Crippen molar-refractivity contribution in [3.63, 3.8) is 0 Å². The molecule has 0 unspecified atom stereocenters. The van der Waals surface area contributed by atoms with Crippen LogP contribution in [-0.2, 0) is 0 Å². The molecule has 0 nitrogen and oxygen atoms in total. The summed E-state index contributed by atoms with van der Waals surface area (Å²) in [5.41, 5.74) is 6.31. The standard InChI is InChI=1S/C16H24Si/c1-13-7-5-9-15(13)11-17(3,4)12-16-10-6-8-14(16)2/h7-10H,5-6,11-12H2,1-4H3. The number of allylic oxidation sites excluding steroid dienone is 8. The van der Waals surface area contributed by atoms with Gasteiger partial charge in [0, 0.05) is 0 Å². The highest BCUT2D eigenvalue weighted by Crippen LogP contribution is 2.34. The summed E-state index contributed by atoms with van der Waals surface area (Å²) in [6.07, 6.45) is 11.9.